The molecule has 0 radical (unpaired) electrons. The predicted molar refractivity (Wildman–Crippen MR) is 89.7 cm³/mol. The second kappa shape index (κ2) is 5.96. The van der Waals surface area contributed by atoms with E-state index in [0.29, 0.717) is 0 Å². The Morgan fingerprint density at radius 3 is 3.00 bits per heavy atom. The van der Waals surface area contributed by atoms with Crippen LogP contribution in [0.2, 0.25) is 0 Å². The molecule has 0 spiro atoms. The molecule has 3 atom stereocenters. The van der Waals surface area contributed by atoms with Gasteiger partial charge in [0.15, 0.2) is 6.10 Å². The van der Waals surface area contributed by atoms with Gasteiger partial charge in [0.1, 0.15) is 10.8 Å². The molecule has 1 aromatic carbocycles. The third kappa shape index (κ3) is 2.53. The van der Waals surface area contributed by atoms with Crippen molar-refractivity contribution in [3.05, 3.63) is 46.4 Å². The second-order valence-corrected chi connectivity index (χ2v) is 7.20. The lowest BCUT2D eigenvalue weighted by molar-refractivity contribution is -0.142. The number of likely N-dealkylation sites (tertiary alicyclic amines) is 1. The summed E-state index contributed by atoms with van der Waals surface area (Å²) in [5, 5.41) is 3.03. The number of aromatic nitrogens is 1. The number of amides is 1. The Hall–Kier alpha value is -1.88. The van der Waals surface area contributed by atoms with Crippen LogP contribution in [0.25, 0.3) is 0 Å². The second-order valence-electron chi connectivity index (χ2n) is 6.28. The van der Waals surface area contributed by atoms with E-state index in [2.05, 4.69) is 18.0 Å². The molecule has 2 aromatic rings. The molecule has 0 saturated carbocycles. The van der Waals surface area contributed by atoms with Crippen molar-refractivity contribution in [2.75, 3.05) is 6.54 Å². The summed E-state index contributed by atoms with van der Waals surface area (Å²) in [5.74, 6) is 1.05. The van der Waals surface area contributed by atoms with Crippen LogP contribution in [0.1, 0.15) is 48.7 Å². The third-order valence-electron chi connectivity index (χ3n) is 4.88. The summed E-state index contributed by atoms with van der Waals surface area (Å²) >= 11 is 1.64. The number of hydrogen-bond acceptors (Lipinski definition) is 4. The molecule has 1 saturated heterocycles. The van der Waals surface area contributed by atoms with E-state index in [1.165, 1.54) is 0 Å². The van der Waals surface area contributed by atoms with Crippen molar-refractivity contribution in [2.45, 2.75) is 44.2 Å². The molecule has 3 unspecified atom stereocenters. The van der Waals surface area contributed by atoms with Crippen molar-refractivity contribution < 1.29 is 9.53 Å². The molecule has 1 aromatic heterocycles. The number of ether oxygens (including phenoxy) is 1. The summed E-state index contributed by atoms with van der Waals surface area (Å²) in [6.07, 6.45) is 4.61. The van der Waals surface area contributed by atoms with E-state index in [9.17, 15) is 4.79 Å². The van der Waals surface area contributed by atoms with Gasteiger partial charge in [0.2, 0.25) is 0 Å². The first-order valence-electron chi connectivity index (χ1n) is 8.21. The van der Waals surface area contributed by atoms with Gasteiger partial charge in [-0.05, 0) is 25.3 Å². The van der Waals surface area contributed by atoms with E-state index in [1.54, 1.807) is 11.3 Å². The predicted octanol–water partition coefficient (Wildman–Crippen LogP) is 3.76. The van der Waals surface area contributed by atoms with Gasteiger partial charge in [-0.25, -0.2) is 4.98 Å². The molecule has 0 aliphatic carbocycles. The van der Waals surface area contributed by atoms with E-state index in [0.717, 1.165) is 42.1 Å². The molecule has 2 aliphatic rings. The van der Waals surface area contributed by atoms with Crippen molar-refractivity contribution in [3.8, 4) is 5.75 Å². The quantitative estimate of drug-likeness (QED) is 0.843. The Kier molecular flexibility index (Phi) is 3.81. The summed E-state index contributed by atoms with van der Waals surface area (Å²) in [4.78, 5) is 19.6. The van der Waals surface area contributed by atoms with Crippen LogP contribution in [0.5, 0.6) is 5.75 Å². The molecule has 4 rings (SSSR count). The molecule has 4 nitrogen and oxygen atoms in total. The van der Waals surface area contributed by atoms with Crippen LogP contribution in [0, 0.1) is 0 Å². The smallest absolute Gasteiger partial charge is 0.264 e. The molecule has 120 valence electrons. The monoisotopic (exact) mass is 328 g/mol. The lowest BCUT2D eigenvalue weighted by Crippen LogP contribution is -2.46. The van der Waals surface area contributed by atoms with Gasteiger partial charge in [0.25, 0.3) is 5.91 Å². The number of para-hydroxylation sites is 1. The number of rotatable bonds is 2. The van der Waals surface area contributed by atoms with Gasteiger partial charge >= 0.3 is 0 Å². The Morgan fingerprint density at radius 1 is 1.35 bits per heavy atom. The molecular weight excluding hydrogens is 308 g/mol. The van der Waals surface area contributed by atoms with Crippen molar-refractivity contribution in [1.82, 2.24) is 9.88 Å². The van der Waals surface area contributed by atoms with Gasteiger partial charge < -0.3 is 9.64 Å². The van der Waals surface area contributed by atoms with Crippen molar-refractivity contribution in [2.24, 2.45) is 0 Å². The van der Waals surface area contributed by atoms with Gasteiger partial charge in [-0.15, -0.1) is 11.3 Å². The average Bonchev–Trinajstić information content (AvgIpc) is 3.23. The lowest BCUT2D eigenvalue weighted by Gasteiger charge is -2.36. The molecule has 1 amide bonds. The minimum absolute atomic E-state index is 0.0950. The minimum atomic E-state index is -0.409. The first-order valence-corrected chi connectivity index (χ1v) is 9.09. The molecule has 23 heavy (non-hydrogen) atoms. The zero-order valence-electron chi connectivity index (χ0n) is 13.1. The Labute approximate surface area is 140 Å². The van der Waals surface area contributed by atoms with Gasteiger partial charge in [-0.2, -0.15) is 0 Å². The summed E-state index contributed by atoms with van der Waals surface area (Å²) in [5.41, 5.74) is 1.13. The van der Waals surface area contributed by atoms with Crippen LogP contribution in [0.3, 0.4) is 0 Å². The van der Waals surface area contributed by atoms with E-state index in [4.69, 9.17) is 4.74 Å². The highest BCUT2D eigenvalue weighted by Crippen LogP contribution is 2.40. The number of benzene rings is 1. The highest BCUT2D eigenvalue weighted by molar-refractivity contribution is 7.09. The molecule has 1 fully saturated rings. The van der Waals surface area contributed by atoms with E-state index in [1.807, 2.05) is 34.7 Å². The summed E-state index contributed by atoms with van der Waals surface area (Å²) in [6, 6.07) is 8.08. The zero-order valence-corrected chi connectivity index (χ0v) is 14.0. The number of thiazole rings is 1. The maximum absolute atomic E-state index is 13.2. The van der Waals surface area contributed by atoms with E-state index >= 15 is 0 Å². The Bertz CT molecular complexity index is 701. The van der Waals surface area contributed by atoms with Crippen molar-refractivity contribution in [3.63, 3.8) is 0 Å². The van der Waals surface area contributed by atoms with Gasteiger partial charge in [0, 0.05) is 29.6 Å². The fourth-order valence-electron chi connectivity index (χ4n) is 3.64. The molecule has 2 aliphatic heterocycles. The SMILES string of the molecule is CC1c2ccccc2OC1C(=O)N1CCCCC1c1nccs1. The van der Waals surface area contributed by atoms with E-state index < -0.39 is 6.10 Å². The number of hydrogen-bond donors (Lipinski definition) is 0. The van der Waals surface area contributed by atoms with Crippen LogP contribution < -0.4 is 4.74 Å². The third-order valence-corrected chi connectivity index (χ3v) is 5.76. The molecule has 3 heterocycles. The zero-order chi connectivity index (χ0) is 15.8. The summed E-state index contributed by atoms with van der Waals surface area (Å²) < 4.78 is 5.99. The van der Waals surface area contributed by atoms with Crippen LogP contribution in [-0.4, -0.2) is 28.4 Å². The number of piperidine rings is 1. The fourth-order valence-corrected chi connectivity index (χ4v) is 4.43. The lowest BCUT2D eigenvalue weighted by atomic mass is 9.95. The van der Waals surface area contributed by atoms with Crippen LogP contribution >= 0.6 is 11.3 Å². The summed E-state index contributed by atoms with van der Waals surface area (Å²) in [7, 11) is 0. The largest absolute Gasteiger partial charge is 0.480 e. The highest BCUT2D eigenvalue weighted by atomic mass is 32.1. The first kappa shape index (κ1) is 14.7. The molecule has 0 bridgehead atoms. The normalized spacial score (nSPS) is 26.7. The molecular formula is C18H20N2O2S. The molecule has 0 N–H and O–H groups in total. The number of nitrogens with zero attached hydrogens (tertiary/aromatic N) is 2. The number of fused-ring (bicyclic) bond motifs is 1. The summed E-state index contributed by atoms with van der Waals surface area (Å²) in [6.45, 7) is 2.88. The number of carbonyl (C=O) groups is 1. The van der Waals surface area contributed by atoms with Gasteiger partial charge in [0.05, 0.1) is 6.04 Å². The standard InChI is InChI=1S/C18H20N2O2S/c1-12-13-6-2-3-8-15(13)22-16(12)18(21)20-10-5-4-7-14(20)17-19-9-11-23-17/h2-3,6,8-9,11-12,14,16H,4-5,7,10H2,1H3. The highest BCUT2D eigenvalue weighted by Gasteiger charge is 2.41. The fraction of sp³-hybridized carbons (Fsp3) is 0.444. The van der Waals surface area contributed by atoms with Gasteiger partial charge in [-0.1, -0.05) is 25.1 Å². The maximum atomic E-state index is 13.2. The Morgan fingerprint density at radius 2 is 2.22 bits per heavy atom. The van der Waals surface area contributed by atoms with E-state index in [-0.39, 0.29) is 17.9 Å². The topological polar surface area (TPSA) is 42.4 Å². The van der Waals surface area contributed by atoms with Crippen molar-refractivity contribution in [1.29, 1.82) is 0 Å². The van der Waals surface area contributed by atoms with Crippen LogP contribution in [-0.2, 0) is 4.79 Å². The van der Waals surface area contributed by atoms with Crippen molar-refractivity contribution >= 4 is 17.2 Å². The first-order chi connectivity index (χ1) is 11.3. The average molecular weight is 328 g/mol. The Balaban J connectivity index is 1.59. The number of carbonyl (C=O) groups excluding carboxylic acids is 1. The van der Waals surface area contributed by atoms with Crippen LogP contribution in [0.15, 0.2) is 35.8 Å². The molecule has 5 heteroatoms. The minimum Gasteiger partial charge on any atom is -0.480 e. The van der Waals surface area contributed by atoms with Crippen LogP contribution in [0.4, 0.5) is 0 Å². The maximum Gasteiger partial charge on any atom is 0.264 e. The van der Waals surface area contributed by atoms with Gasteiger partial charge in [-0.3, -0.25) is 4.79 Å².